The third kappa shape index (κ3) is 2.92. The Balaban J connectivity index is 1.69. The van der Waals surface area contributed by atoms with E-state index in [1.807, 2.05) is 28.9 Å². The lowest BCUT2D eigenvalue weighted by Gasteiger charge is -2.31. The smallest absolute Gasteiger partial charge is 0.241 e. The van der Waals surface area contributed by atoms with Gasteiger partial charge in [-0.05, 0) is 41.8 Å². The van der Waals surface area contributed by atoms with Crippen molar-refractivity contribution in [1.82, 2.24) is 14.8 Å². The first-order valence-electron chi connectivity index (χ1n) is 8.44. The maximum absolute atomic E-state index is 5.85. The van der Waals surface area contributed by atoms with Crippen molar-refractivity contribution in [3.05, 3.63) is 59.7 Å². The van der Waals surface area contributed by atoms with Gasteiger partial charge in [-0.2, -0.15) is 4.98 Å². The predicted octanol–water partition coefficient (Wildman–Crippen LogP) is 3.02. The number of nitrogens with one attached hydrogen (secondary N) is 1. The molecule has 0 amide bonds. The first kappa shape index (κ1) is 16.3. The third-order valence-corrected chi connectivity index (χ3v) is 4.72. The van der Waals surface area contributed by atoms with Crippen LogP contribution in [0, 0.1) is 0 Å². The van der Waals surface area contributed by atoms with E-state index < -0.39 is 0 Å². The average Bonchev–Trinajstić information content (AvgIpc) is 3.07. The average molecular weight is 351 g/mol. The normalized spacial score (nSPS) is 18.7. The quantitative estimate of drug-likeness (QED) is 0.751. The minimum Gasteiger partial charge on any atom is -0.497 e. The Morgan fingerprint density at radius 2 is 1.54 bits per heavy atom. The fourth-order valence-electron chi connectivity index (χ4n) is 3.35. The summed E-state index contributed by atoms with van der Waals surface area (Å²) in [6.45, 7) is 0. The van der Waals surface area contributed by atoms with E-state index in [0.29, 0.717) is 5.95 Å². The highest BCUT2D eigenvalue weighted by Crippen LogP contribution is 2.38. The highest BCUT2D eigenvalue weighted by molar-refractivity contribution is 5.43. The van der Waals surface area contributed by atoms with Crippen LogP contribution < -0.4 is 20.5 Å². The SMILES string of the molecule is COc1ccc([C@H]2C[C@H](c3ccc(OC)cc3)Nc3nc(N)nn32)cc1. The van der Waals surface area contributed by atoms with Crippen LogP contribution in [0.2, 0.25) is 0 Å². The molecule has 26 heavy (non-hydrogen) atoms. The van der Waals surface area contributed by atoms with Crippen molar-refractivity contribution in [3.63, 3.8) is 0 Å². The van der Waals surface area contributed by atoms with Crippen LogP contribution in [0.25, 0.3) is 0 Å². The van der Waals surface area contributed by atoms with E-state index in [0.717, 1.165) is 29.0 Å². The van der Waals surface area contributed by atoms with Crippen LogP contribution in [0.15, 0.2) is 48.5 Å². The van der Waals surface area contributed by atoms with Gasteiger partial charge < -0.3 is 20.5 Å². The Hall–Kier alpha value is -3.22. The first-order valence-corrected chi connectivity index (χ1v) is 8.44. The summed E-state index contributed by atoms with van der Waals surface area (Å²) in [4.78, 5) is 4.34. The van der Waals surface area contributed by atoms with Gasteiger partial charge in [-0.3, -0.25) is 0 Å². The molecule has 0 bridgehead atoms. The molecule has 134 valence electrons. The molecule has 1 aliphatic rings. The van der Waals surface area contributed by atoms with Crippen LogP contribution in [0.3, 0.4) is 0 Å². The van der Waals surface area contributed by atoms with Gasteiger partial charge in [-0.1, -0.05) is 24.3 Å². The van der Waals surface area contributed by atoms with Gasteiger partial charge in [0.05, 0.1) is 26.3 Å². The van der Waals surface area contributed by atoms with E-state index >= 15 is 0 Å². The fourth-order valence-corrected chi connectivity index (χ4v) is 3.35. The summed E-state index contributed by atoms with van der Waals surface area (Å²) in [5, 5.41) is 7.81. The van der Waals surface area contributed by atoms with Crippen molar-refractivity contribution in [2.24, 2.45) is 0 Å². The van der Waals surface area contributed by atoms with E-state index in [1.54, 1.807) is 14.2 Å². The predicted molar refractivity (Wildman–Crippen MR) is 99.5 cm³/mol. The summed E-state index contributed by atoms with van der Waals surface area (Å²) < 4.78 is 12.4. The fraction of sp³-hybridized carbons (Fsp3) is 0.263. The van der Waals surface area contributed by atoms with Gasteiger partial charge in [0.25, 0.3) is 0 Å². The second kappa shape index (κ2) is 6.59. The molecule has 0 saturated carbocycles. The van der Waals surface area contributed by atoms with Gasteiger partial charge in [0.2, 0.25) is 11.9 Å². The van der Waals surface area contributed by atoms with Crippen molar-refractivity contribution in [3.8, 4) is 11.5 Å². The van der Waals surface area contributed by atoms with Crippen LogP contribution in [0.4, 0.5) is 11.9 Å². The van der Waals surface area contributed by atoms with E-state index in [4.69, 9.17) is 15.2 Å². The molecule has 1 aliphatic heterocycles. The second-order valence-electron chi connectivity index (χ2n) is 6.23. The molecule has 0 saturated heterocycles. The molecule has 3 N–H and O–H groups in total. The standard InChI is InChI=1S/C19H21N5O2/c1-25-14-7-3-12(4-8-14)16-11-17(13-5-9-15(26-2)10-6-13)24-19(21-16)22-18(20)23-24/h3-10,16-17H,11H2,1-2H3,(H3,20,21,22,23)/t16-,17-/m1/s1. The molecule has 4 rings (SSSR count). The Bertz CT molecular complexity index is 889. The second-order valence-corrected chi connectivity index (χ2v) is 6.23. The molecule has 2 heterocycles. The van der Waals surface area contributed by atoms with Crippen LogP contribution in [0.1, 0.15) is 29.6 Å². The molecule has 3 aromatic rings. The number of nitrogen functional groups attached to an aromatic ring is 1. The summed E-state index contributed by atoms with van der Waals surface area (Å²) >= 11 is 0. The number of aromatic nitrogens is 3. The summed E-state index contributed by atoms with van der Waals surface area (Å²) in [7, 11) is 3.33. The van der Waals surface area contributed by atoms with Gasteiger partial charge in [-0.15, -0.1) is 5.10 Å². The van der Waals surface area contributed by atoms with Crippen LogP contribution in [-0.4, -0.2) is 29.0 Å². The van der Waals surface area contributed by atoms with Gasteiger partial charge in [0, 0.05) is 0 Å². The molecule has 7 nitrogen and oxygen atoms in total. The molecule has 0 unspecified atom stereocenters. The minimum absolute atomic E-state index is 0.0362. The summed E-state index contributed by atoms with van der Waals surface area (Å²) in [6, 6.07) is 16.2. The number of nitrogens with two attached hydrogens (primary N) is 1. The van der Waals surface area contributed by atoms with Gasteiger partial charge in [0.15, 0.2) is 0 Å². The zero-order valence-electron chi connectivity index (χ0n) is 14.7. The molecule has 0 radical (unpaired) electrons. The maximum atomic E-state index is 5.85. The molecule has 1 aromatic heterocycles. The topological polar surface area (TPSA) is 87.2 Å². The van der Waals surface area contributed by atoms with Crippen LogP contribution in [-0.2, 0) is 0 Å². The maximum Gasteiger partial charge on any atom is 0.241 e. The number of rotatable bonds is 4. The number of fused-ring (bicyclic) bond motifs is 1. The lowest BCUT2D eigenvalue weighted by molar-refractivity contribution is 0.410. The molecular formula is C19H21N5O2. The Kier molecular flexibility index (Phi) is 4.12. The number of nitrogens with zero attached hydrogens (tertiary/aromatic N) is 3. The molecule has 0 fully saturated rings. The van der Waals surface area contributed by atoms with Gasteiger partial charge in [-0.25, -0.2) is 4.68 Å². The summed E-state index contributed by atoms with van der Waals surface area (Å²) in [6.07, 6.45) is 0.828. The number of hydrogen-bond donors (Lipinski definition) is 2. The van der Waals surface area contributed by atoms with Gasteiger partial charge >= 0.3 is 0 Å². The van der Waals surface area contributed by atoms with E-state index in [1.165, 1.54) is 0 Å². The zero-order chi connectivity index (χ0) is 18.1. The van der Waals surface area contributed by atoms with Crippen LogP contribution >= 0.6 is 0 Å². The Labute approximate surface area is 151 Å². The monoisotopic (exact) mass is 351 g/mol. The number of methoxy groups -OCH3 is 2. The highest BCUT2D eigenvalue weighted by atomic mass is 16.5. The van der Waals surface area contributed by atoms with E-state index in [2.05, 4.69) is 39.7 Å². The highest BCUT2D eigenvalue weighted by Gasteiger charge is 2.30. The minimum atomic E-state index is 0.0362. The number of anilines is 2. The number of ether oxygens (including phenoxy) is 2. The lowest BCUT2D eigenvalue weighted by Crippen LogP contribution is -2.28. The molecule has 2 aromatic carbocycles. The first-order chi connectivity index (χ1) is 12.7. The zero-order valence-corrected chi connectivity index (χ0v) is 14.7. The van der Waals surface area contributed by atoms with Crippen molar-refractivity contribution >= 4 is 11.9 Å². The largest absolute Gasteiger partial charge is 0.497 e. The van der Waals surface area contributed by atoms with Crippen molar-refractivity contribution in [2.75, 3.05) is 25.3 Å². The Morgan fingerprint density at radius 3 is 2.12 bits per heavy atom. The number of benzene rings is 2. The number of hydrogen-bond acceptors (Lipinski definition) is 6. The van der Waals surface area contributed by atoms with Gasteiger partial charge in [0.1, 0.15) is 11.5 Å². The third-order valence-electron chi connectivity index (χ3n) is 4.72. The molecular weight excluding hydrogens is 330 g/mol. The van der Waals surface area contributed by atoms with Crippen molar-refractivity contribution < 1.29 is 9.47 Å². The van der Waals surface area contributed by atoms with E-state index in [-0.39, 0.29) is 18.0 Å². The van der Waals surface area contributed by atoms with Crippen molar-refractivity contribution in [1.29, 1.82) is 0 Å². The van der Waals surface area contributed by atoms with E-state index in [9.17, 15) is 0 Å². The lowest BCUT2D eigenvalue weighted by atomic mass is 9.93. The van der Waals surface area contributed by atoms with Crippen LogP contribution in [0.5, 0.6) is 11.5 Å². The summed E-state index contributed by atoms with van der Waals surface area (Å²) in [5.41, 5.74) is 8.15. The molecule has 2 atom stereocenters. The molecule has 7 heteroatoms. The molecule has 0 aliphatic carbocycles. The Morgan fingerprint density at radius 1 is 0.962 bits per heavy atom. The van der Waals surface area contributed by atoms with Crippen molar-refractivity contribution in [2.45, 2.75) is 18.5 Å². The molecule has 0 spiro atoms. The summed E-state index contributed by atoms with van der Waals surface area (Å²) in [5.74, 6) is 2.60.